The van der Waals surface area contributed by atoms with Crippen LogP contribution in [0.5, 0.6) is 0 Å². The van der Waals surface area contributed by atoms with Crippen molar-refractivity contribution < 1.29 is 18.7 Å². The summed E-state index contributed by atoms with van der Waals surface area (Å²) in [4.78, 5) is 22.9. The Morgan fingerprint density at radius 3 is 3.00 bits per heavy atom. The van der Waals surface area contributed by atoms with Crippen LogP contribution in [0.25, 0.3) is 0 Å². The summed E-state index contributed by atoms with van der Waals surface area (Å²) in [5.74, 6) is 0.954. The highest BCUT2D eigenvalue weighted by Gasteiger charge is 2.23. The molecule has 1 aliphatic rings. The molecule has 0 fully saturated rings. The number of aryl methyl sites for hydroxylation is 1. The Labute approximate surface area is 123 Å². The third kappa shape index (κ3) is 4.40. The zero-order valence-electron chi connectivity index (χ0n) is 12.1. The van der Waals surface area contributed by atoms with Crippen LogP contribution in [-0.2, 0) is 11.2 Å². The number of urea groups is 1. The highest BCUT2D eigenvalue weighted by Crippen LogP contribution is 2.30. The van der Waals surface area contributed by atoms with Crippen molar-refractivity contribution in [3.63, 3.8) is 0 Å². The molecule has 0 spiro atoms. The molecule has 116 valence electrons. The molecule has 3 amide bonds. The Bertz CT molecular complexity index is 486. The van der Waals surface area contributed by atoms with Gasteiger partial charge in [0.05, 0.1) is 18.9 Å². The third-order valence-corrected chi connectivity index (χ3v) is 3.31. The van der Waals surface area contributed by atoms with E-state index in [-0.39, 0.29) is 12.1 Å². The standard InChI is InChI=1S/C14H21N3O4/c1-2-20-14(19)16-8-7-15-13(18)17-11-4-3-5-12-10(11)6-9-21-12/h6,9,11H,2-5,7-8H2,1H3,(H,16,19)(H2,15,17,18). The highest BCUT2D eigenvalue weighted by atomic mass is 16.5. The van der Waals surface area contributed by atoms with Crippen molar-refractivity contribution in [2.24, 2.45) is 0 Å². The Morgan fingerprint density at radius 2 is 2.19 bits per heavy atom. The molecule has 0 aromatic carbocycles. The van der Waals surface area contributed by atoms with Crippen molar-refractivity contribution in [3.8, 4) is 0 Å². The summed E-state index contributed by atoms with van der Waals surface area (Å²) < 4.78 is 10.1. The second kappa shape index (κ2) is 7.56. The first-order valence-electron chi connectivity index (χ1n) is 7.22. The number of carbonyl (C=O) groups excluding carboxylic acids is 2. The molecule has 1 heterocycles. The Kier molecular flexibility index (Phi) is 5.48. The van der Waals surface area contributed by atoms with Crippen molar-refractivity contribution in [2.75, 3.05) is 19.7 Å². The minimum Gasteiger partial charge on any atom is -0.469 e. The predicted molar refractivity (Wildman–Crippen MR) is 75.9 cm³/mol. The average Bonchev–Trinajstić information content (AvgIpc) is 2.93. The van der Waals surface area contributed by atoms with E-state index in [1.54, 1.807) is 13.2 Å². The van der Waals surface area contributed by atoms with E-state index in [9.17, 15) is 9.59 Å². The zero-order valence-corrected chi connectivity index (χ0v) is 12.1. The summed E-state index contributed by atoms with van der Waals surface area (Å²) in [5.41, 5.74) is 1.06. The molecule has 1 aromatic heterocycles. The summed E-state index contributed by atoms with van der Waals surface area (Å²) in [6.07, 6.45) is 4.00. The summed E-state index contributed by atoms with van der Waals surface area (Å²) in [6.45, 7) is 2.73. The van der Waals surface area contributed by atoms with E-state index >= 15 is 0 Å². The lowest BCUT2D eigenvalue weighted by Gasteiger charge is -2.22. The maximum atomic E-state index is 11.8. The molecule has 1 aliphatic carbocycles. The van der Waals surface area contributed by atoms with Gasteiger partial charge in [0, 0.05) is 25.1 Å². The molecule has 0 bridgehead atoms. The molecule has 21 heavy (non-hydrogen) atoms. The number of amides is 3. The number of ether oxygens (including phenoxy) is 1. The second-order valence-electron chi connectivity index (χ2n) is 4.79. The van der Waals surface area contributed by atoms with Crippen molar-refractivity contribution in [3.05, 3.63) is 23.7 Å². The number of nitrogens with one attached hydrogen (secondary N) is 3. The molecular weight excluding hydrogens is 274 g/mol. The van der Waals surface area contributed by atoms with E-state index < -0.39 is 6.09 Å². The first-order chi connectivity index (χ1) is 10.2. The van der Waals surface area contributed by atoms with Gasteiger partial charge in [-0.3, -0.25) is 0 Å². The van der Waals surface area contributed by atoms with Crippen LogP contribution < -0.4 is 16.0 Å². The number of fused-ring (bicyclic) bond motifs is 1. The molecule has 3 N–H and O–H groups in total. The largest absolute Gasteiger partial charge is 0.469 e. The van der Waals surface area contributed by atoms with Crippen molar-refractivity contribution in [1.29, 1.82) is 0 Å². The van der Waals surface area contributed by atoms with E-state index in [4.69, 9.17) is 9.15 Å². The molecule has 1 atom stereocenters. The van der Waals surface area contributed by atoms with Crippen LogP contribution in [0, 0.1) is 0 Å². The first-order valence-corrected chi connectivity index (χ1v) is 7.22. The fourth-order valence-corrected chi connectivity index (χ4v) is 2.37. The molecule has 2 rings (SSSR count). The number of carbonyl (C=O) groups is 2. The van der Waals surface area contributed by atoms with Crippen LogP contribution >= 0.6 is 0 Å². The number of alkyl carbamates (subject to hydrolysis) is 1. The summed E-state index contributed by atoms with van der Waals surface area (Å²) in [5, 5.41) is 8.16. The van der Waals surface area contributed by atoms with Crippen molar-refractivity contribution in [1.82, 2.24) is 16.0 Å². The molecule has 1 unspecified atom stereocenters. The van der Waals surface area contributed by atoms with Gasteiger partial charge in [-0.05, 0) is 25.8 Å². The summed E-state index contributed by atoms with van der Waals surface area (Å²) in [6, 6.07) is 1.65. The number of furan rings is 1. The normalized spacial score (nSPS) is 16.7. The first kappa shape index (κ1) is 15.2. The topological polar surface area (TPSA) is 92.6 Å². The Hall–Kier alpha value is -2.18. The van der Waals surface area contributed by atoms with E-state index in [0.717, 1.165) is 30.6 Å². The third-order valence-electron chi connectivity index (χ3n) is 3.31. The van der Waals surface area contributed by atoms with Crippen LogP contribution in [0.3, 0.4) is 0 Å². The van der Waals surface area contributed by atoms with Gasteiger partial charge in [-0.25, -0.2) is 9.59 Å². The quantitative estimate of drug-likeness (QED) is 0.721. The van der Waals surface area contributed by atoms with Gasteiger partial charge in [-0.1, -0.05) is 0 Å². The summed E-state index contributed by atoms with van der Waals surface area (Å²) in [7, 11) is 0. The van der Waals surface area contributed by atoms with Gasteiger partial charge in [0.1, 0.15) is 5.76 Å². The number of hydrogen-bond donors (Lipinski definition) is 3. The maximum absolute atomic E-state index is 11.8. The maximum Gasteiger partial charge on any atom is 0.407 e. The minimum absolute atomic E-state index is 0.00878. The molecule has 0 saturated heterocycles. The minimum atomic E-state index is -0.477. The Morgan fingerprint density at radius 1 is 1.38 bits per heavy atom. The molecule has 0 radical (unpaired) electrons. The van der Waals surface area contributed by atoms with Crippen LogP contribution in [-0.4, -0.2) is 31.8 Å². The molecule has 7 nitrogen and oxygen atoms in total. The van der Waals surface area contributed by atoms with Gasteiger partial charge in [0.25, 0.3) is 0 Å². The number of hydrogen-bond acceptors (Lipinski definition) is 4. The smallest absolute Gasteiger partial charge is 0.407 e. The van der Waals surface area contributed by atoms with Gasteiger partial charge in [0.2, 0.25) is 0 Å². The van der Waals surface area contributed by atoms with Gasteiger partial charge in [-0.15, -0.1) is 0 Å². The SMILES string of the molecule is CCOC(=O)NCCNC(=O)NC1CCCc2occc21. The van der Waals surface area contributed by atoms with Crippen molar-refractivity contribution in [2.45, 2.75) is 32.2 Å². The van der Waals surface area contributed by atoms with E-state index in [1.165, 1.54) is 0 Å². The fraction of sp³-hybridized carbons (Fsp3) is 0.571. The van der Waals surface area contributed by atoms with Crippen LogP contribution in [0.15, 0.2) is 16.7 Å². The zero-order chi connectivity index (χ0) is 15.1. The van der Waals surface area contributed by atoms with Crippen molar-refractivity contribution >= 4 is 12.1 Å². The highest BCUT2D eigenvalue weighted by molar-refractivity contribution is 5.74. The molecular formula is C14H21N3O4. The lowest BCUT2D eigenvalue weighted by Crippen LogP contribution is -2.42. The van der Waals surface area contributed by atoms with E-state index in [1.807, 2.05) is 6.07 Å². The van der Waals surface area contributed by atoms with Crippen LogP contribution in [0.4, 0.5) is 9.59 Å². The lowest BCUT2D eigenvalue weighted by atomic mass is 9.93. The monoisotopic (exact) mass is 295 g/mol. The molecule has 0 aliphatic heterocycles. The van der Waals surface area contributed by atoms with E-state index in [0.29, 0.717) is 19.7 Å². The van der Waals surface area contributed by atoms with Gasteiger partial charge < -0.3 is 25.1 Å². The molecule has 1 aromatic rings. The van der Waals surface area contributed by atoms with Gasteiger partial charge >= 0.3 is 12.1 Å². The predicted octanol–water partition coefficient (Wildman–Crippen LogP) is 1.70. The second-order valence-corrected chi connectivity index (χ2v) is 4.79. The van der Waals surface area contributed by atoms with Gasteiger partial charge in [-0.2, -0.15) is 0 Å². The number of rotatable bonds is 5. The van der Waals surface area contributed by atoms with Crippen LogP contribution in [0.1, 0.15) is 37.1 Å². The molecule has 7 heteroatoms. The lowest BCUT2D eigenvalue weighted by molar-refractivity contribution is 0.152. The van der Waals surface area contributed by atoms with Gasteiger partial charge in [0.15, 0.2) is 0 Å². The Balaban J connectivity index is 1.68. The molecule has 0 saturated carbocycles. The average molecular weight is 295 g/mol. The van der Waals surface area contributed by atoms with Crippen LogP contribution in [0.2, 0.25) is 0 Å². The fourth-order valence-electron chi connectivity index (χ4n) is 2.37. The van der Waals surface area contributed by atoms with E-state index in [2.05, 4.69) is 16.0 Å². The summed E-state index contributed by atoms with van der Waals surface area (Å²) >= 11 is 0.